The number of anilines is 1. The molecule has 0 unspecified atom stereocenters. The largest absolute Gasteiger partial charge is 0.481 e. The van der Waals surface area contributed by atoms with Crippen LogP contribution in [0.15, 0.2) is 65.0 Å². The van der Waals surface area contributed by atoms with Gasteiger partial charge in [0.15, 0.2) is 0 Å². The summed E-state index contributed by atoms with van der Waals surface area (Å²) in [6, 6.07) is 15.0. The molecule has 0 saturated carbocycles. The van der Waals surface area contributed by atoms with Gasteiger partial charge in [0.05, 0.1) is 11.7 Å². The molecule has 2 aromatic heterocycles. The zero-order chi connectivity index (χ0) is 22.5. The van der Waals surface area contributed by atoms with Crippen molar-refractivity contribution in [2.75, 3.05) is 11.9 Å². The van der Waals surface area contributed by atoms with E-state index in [-0.39, 0.29) is 31.0 Å². The van der Waals surface area contributed by atoms with E-state index >= 15 is 0 Å². The maximum Gasteiger partial charge on any atom is 0.262 e. The molecule has 0 atom stereocenters. The third-order valence-corrected chi connectivity index (χ3v) is 5.85. The van der Waals surface area contributed by atoms with Gasteiger partial charge in [0.25, 0.3) is 5.56 Å². The first kappa shape index (κ1) is 21.3. The normalized spacial score (nSPS) is 10.6. The lowest BCUT2D eigenvalue weighted by Crippen LogP contribution is -2.23. The Kier molecular flexibility index (Phi) is 6.34. The van der Waals surface area contributed by atoms with Crippen LogP contribution in [0.1, 0.15) is 12.0 Å². The van der Waals surface area contributed by atoms with E-state index in [9.17, 15) is 9.59 Å². The van der Waals surface area contributed by atoms with E-state index in [0.29, 0.717) is 21.7 Å². The summed E-state index contributed by atoms with van der Waals surface area (Å²) in [4.78, 5) is 30.6. The number of aryl methyl sites for hydroxylation is 2. The summed E-state index contributed by atoms with van der Waals surface area (Å²) in [7, 11) is 0. The Labute approximate surface area is 189 Å². The molecule has 4 rings (SSSR count). The Bertz CT molecular complexity index is 1350. The van der Waals surface area contributed by atoms with Crippen molar-refractivity contribution in [1.29, 1.82) is 0 Å². The van der Waals surface area contributed by atoms with Crippen molar-refractivity contribution in [1.82, 2.24) is 9.55 Å². The highest BCUT2D eigenvalue weighted by atomic mass is 32.1. The van der Waals surface area contributed by atoms with Gasteiger partial charge in [-0.05, 0) is 36.8 Å². The van der Waals surface area contributed by atoms with E-state index in [0.717, 1.165) is 16.7 Å². The second-order valence-corrected chi connectivity index (χ2v) is 8.11. The van der Waals surface area contributed by atoms with Gasteiger partial charge in [0.1, 0.15) is 17.2 Å². The summed E-state index contributed by atoms with van der Waals surface area (Å²) in [5.74, 6) is 2.84. The minimum Gasteiger partial charge on any atom is -0.481 e. The highest BCUT2D eigenvalue weighted by Gasteiger charge is 2.14. The van der Waals surface area contributed by atoms with Crippen LogP contribution >= 0.6 is 11.3 Å². The number of hydrogen-bond donors (Lipinski definition) is 1. The maximum atomic E-state index is 13.1. The van der Waals surface area contributed by atoms with Crippen molar-refractivity contribution in [2.45, 2.75) is 19.9 Å². The first-order chi connectivity index (χ1) is 15.5. The molecule has 0 aliphatic heterocycles. The number of thiophene rings is 1. The number of ether oxygens (including phenoxy) is 1. The third-order valence-electron chi connectivity index (χ3n) is 4.96. The standard InChI is InChI=1S/C25H21N3O3S/c1-3-14-31-20-10-8-19(9-11-20)27-22(29)12-13-28-16-26-24-23(25(28)30)21(15-32-24)18-6-4-17(2)5-7-18/h1,4-11,15-16H,12-14H2,2H3,(H,27,29). The van der Waals surface area contributed by atoms with Gasteiger partial charge < -0.3 is 10.1 Å². The van der Waals surface area contributed by atoms with Crippen molar-refractivity contribution >= 4 is 33.1 Å². The number of amides is 1. The molecule has 1 N–H and O–H groups in total. The lowest BCUT2D eigenvalue weighted by molar-refractivity contribution is -0.116. The predicted octanol–water partition coefficient (Wildman–Crippen LogP) is 4.47. The summed E-state index contributed by atoms with van der Waals surface area (Å²) in [6.07, 6.45) is 6.82. The monoisotopic (exact) mass is 443 g/mol. The second kappa shape index (κ2) is 9.50. The highest BCUT2D eigenvalue weighted by molar-refractivity contribution is 7.17. The van der Waals surface area contributed by atoms with E-state index in [1.165, 1.54) is 22.2 Å². The molecule has 0 aliphatic rings. The number of hydrogen-bond acceptors (Lipinski definition) is 5. The number of aromatic nitrogens is 2. The van der Waals surface area contributed by atoms with Gasteiger partial charge in [-0.25, -0.2) is 4.98 Å². The van der Waals surface area contributed by atoms with Crippen molar-refractivity contribution in [3.63, 3.8) is 0 Å². The summed E-state index contributed by atoms with van der Waals surface area (Å²) >= 11 is 1.44. The van der Waals surface area contributed by atoms with Gasteiger partial charge >= 0.3 is 0 Å². The van der Waals surface area contributed by atoms with Crippen LogP contribution in [-0.2, 0) is 11.3 Å². The smallest absolute Gasteiger partial charge is 0.262 e. The molecule has 0 bridgehead atoms. The molecule has 4 aromatic rings. The van der Waals surface area contributed by atoms with Crippen LogP contribution in [0, 0.1) is 19.3 Å². The predicted molar refractivity (Wildman–Crippen MR) is 128 cm³/mol. The average molecular weight is 444 g/mol. The fourth-order valence-corrected chi connectivity index (χ4v) is 4.18. The van der Waals surface area contributed by atoms with Crippen molar-refractivity contribution < 1.29 is 9.53 Å². The lowest BCUT2D eigenvalue weighted by Gasteiger charge is -2.08. The molecule has 0 saturated heterocycles. The van der Waals surface area contributed by atoms with E-state index in [2.05, 4.69) is 16.2 Å². The Morgan fingerprint density at radius 3 is 2.66 bits per heavy atom. The molecule has 0 fully saturated rings. The van der Waals surface area contributed by atoms with E-state index in [1.54, 1.807) is 24.3 Å². The fourth-order valence-electron chi connectivity index (χ4n) is 3.28. The number of carbonyl (C=O) groups excluding carboxylic acids is 1. The van der Waals surface area contributed by atoms with Crippen LogP contribution in [0.2, 0.25) is 0 Å². The number of nitrogens with one attached hydrogen (secondary N) is 1. The van der Waals surface area contributed by atoms with E-state index in [1.807, 2.05) is 36.6 Å². The molecule has 0 radical (unpaired) electrons. The number of terminal acetylenes is 1. The lowest BCUT2D eigenvalue weighted by atomic mass is 10.1. The van der Waals surface area contributed by atoms with Crippen molar-refractivity contribution in [3.05, 3.63) is 76.2 Å². The van der Waals surface area contributed by atoms with Gasteiger partial charge in [-0.2, -0.15) is 0 Å². The molecule has 2 aromatic carbocycles. The van der Waals surface area contributed by atoms with E-state index < -0.39 is 0 Å². The Balaban J connectivity index is 1.46. The summed E-state index contributed by atoms with van der Waals surface area (Å²) in [5, 5.41) is 5.36. The van der Waals surface area contributed by atoms with Gasteiger partial charge in [-0.1, -0.05) is 35.7 Å². The summed E-state index contributed by atoms with van der Waals surface area (Å²) in [5.41, 5.74) is 3.50. The maximum absolute atomic E-state index is 13.1. The van der Waals surface area contributed by atoms with Crippen LogP contribution in [-0.4, -0.2) is 22.1 Å². The molecule has 160 valence electrons. The molecule has 2 heterocycles. The van der Waals surface area contributed by atoms with Crippen LogP contribution in [0.25, 0.3) is 21.3 Å². The van der Waals surface area contributed by atoms with Crippen molar-refractivity contribution in [2.24, 2.45) is 0 Å². The van der Waals surface area contributed by atoms with Gasteiger partial charge in [0.2, 0.25) is 5.91 Å². The molecule has 0 aliphatic carbocycles. The molecular formula is C25H21N3O3S. The third kappa shape index (κ3) is 4.71. The Morgan fingerprint density at radius 1 is 1.19 bits per heavy atom. The quantitative estimate of drug-likeness (QED) is 0.428. The number of rotatable bonds is 7. The van der Waals surface area contributed by atoms with Gasteiger partial charge in [0, 0.05) is 29.6 Å². The SMILES string of the molecule is C#CCOc1ccc(NC(=O)CCn2cnc3scc(-c4ccc(C)cc4)c3c2=O)cc1. The van der Waals surface area contributed by atoms with Gasteiger partial charge in [-0.15, -0.1) is 17.8 Å². The van der Waals surface area contributed by atoms with Crippen molar-refractivity contribution in [3.8, 4) is 29.2 Å². The molecule has 1 amide bonds. The Morgan fingerprint density at radius 2 is 1.94 bits per heavy atom. The van der Waals surface area contributed by atoms with Crippen LogP contribution in [0.3, 0.4) is 0 Å². The first-order valence-corrected chi connectivity index (χ1v) is 10.9. The fraction of sp³-hybridized carbons (Fsp3) is 0.160. The molecule has 6 nitrogen and oxygen atoms in total. The number of benzene rings is 2. The molecule has 32 heavy (non-hydrogen) atoms. The summed E-state index contributed by atoms with van der Waals surface area (Å²) in [6.45, 7) is 2.45. The Hall–Kier alpha value is -3.89. The van der Waals surface area contributed by atoms with Crippen LogP contribution in [0.4, 0.5) is 5.69 Å². The molecular weight excluding hydrogens is 422 g/mol. The molecule has 0 spiro atoms. The number of fused-ring (bicyclic) bond motifs is 1. The number of nitrogens with zero attached hydrogens (tertiary/aromatic N) is 2. The zero-order valence-electron chi connectivity index (χ0n) is 17.5. The summed E-state index contributed by atoms with van der Waals surface area (Å²) < 4.78 is 6.81. The van der Waals surface area contributed by atoms with E-state index in [4.69, 9.17) is 11.2 Å². The minimum atomic E-state index is -0.196. The average Bonchev–Trinajstić information content (AvgIpc) is 3.24. The minimum absolute atomic E-state index is 0.144. The number of carbonyl (C=O) groups is 1. The topological polar surface area (TPSA) is 73.2 Å². The molecule has 7 heteroatoms. The van der Waals surface area contributed by atoms with Gasteiger partial charge in [-0.3, -0.25) is 14.2 Å². The van der Waals surface area contributed by atoms with Crippen LogP contribution in [0.5, 0.6) is 5.75 Å². The van der Waals surface area contributed by atoms with Crippen LogP contribution < -0.4 is 15.6 Å². The second-order valence-electron chi connectivity index (χ2n) is 7.25. The zero-order valence-corrected chi connectivity index (χ0v) is 18.3. The highest BCUT2D eigenvalue weighted by Crippen LogP contribution is 2.30. The first-order valence-electron chi connectivity index (χ1n) is 10.0.